The van der Waals surface area contributed by atoms with Crippen LogP contribution in [0.1, 0.15) is 84.3 Å². The molecule has 1 saturated carbocycles. The van der Waals surface area contributed by atoms with Crippen molar-refractivity contribution in [1.29, 1.82) is 0 Å². The van der Waals surface area contributed by atoms with Gasteiger partial charge < -0.3 is 39.1 Å². The highest BCUT2D eigenvalue weighted by Gasteiger charge is 2.32. The number of nitrogens with zero attached hydrogens (tertiary/aromatic N) is 7. The molecule has 4 N–H and O–H groups in total. The summed E-state index contributed by atoms with van der Waals surface area (Å²) in [4.78, 5) is 64.0. The molecule has 1 unspecified atom stereocenters. The van der Waals surface area contributed by atoms with Crippen molar-refractivity contribution in [2.75, 3.05) is 58.6 Å². The highest BCUT2D eigenvalue weighted by atomic mass is 16.5. The van der Waals surface area contributed by atoms with Gasteiger partial charge in [-0.3, -0.25) is 28.8 Å². The van der Waals surface area contributed by atoms with E-state index in [2.05, 4.69) is 32.2 Å². The number of carbonyl (C=O) groups is 3. The lowest BCUT2D eigenvalue weighted by Gasteiger charge is -2.21. The van der Waals surface area contributed by atoms with E-state index in [1.54, 1.807) is 18.7 Å². The molecule has 67 heavy (non-hydrogen) atoms. The number of hydrogen-bond donors (Lipinski definition) is 4. The number of fused-ring (bicyclic) bond motifs is 4. The Hall–Kier alpha value is -6.90. The van der Waals surface area contributed by atoms with E-state index in [9.17, 15) is 19.2 Å². The Morgan fingerprint density at radius 3 is 2.46 bits per heavy atom. The van der Waals surface area contributed by atoms with Crippen LogP contribution in [-0.2, 0) is 43.8 Å². The van der Waals surface area contributed by atoms with Crippen molar-refractivity contribution in [3.8, 4) is 16.9 Å². The molecule has 0 spiro atoms. The number of imidazole rings is 1. The number of aromatic amines is 1. The number of nitrogens with one attached hydrogen (secondary N) is 4. The minimum atomic E-state index is -0.726. The zero-order chi connectivity index (χ0) is 46.8. The average Bonchev–Trinajstić information content (AvgIpc) is 3.76. The number of piperidine rings is 1. The van der Waals surface area contributed by atoms with Gasteiger partial charge in [0.1, 0.15) is 34.8 Å². The molecule has 20 heteroatoms. The Bertz CT molecular complexity index is 3030. The van der Waals surface area contributed by atoms with Gasteiger partial charge in [-0.15, -0.1) is 0 Å². The molecule has 7 aromatic rings. The van der Waals surface area contributed by atoms with Gasteiger partial charge in [0.2, 0.25) is 17.6 Å². The van der Waals surface area contributed by atoms with Gasteiger partial charge in [0.05, 0.1) is 73.5 Å². The Balaban J connectivity index is 0.759. The van der Waals surface area contributed by atoms with Crippen molar-refractivity contribution in [3.63, 3.8) is 0 Å². The predicted octanol–water partition coefficient (Wildman–Crippen LogP) is 5.27. The lowest BCUT2D eigenvalue weighted by atomic mass is 10.0. The molecular weight excluding hydrogens is 863 g/mol. The maximum atomic E-state index is 13.6. The number of para-hydroxylation sites is 1. The van der Waals surface area contributed by atoms with Crippen molar-refractivity contribution in [3.05, 3.63) is 75.4 Å². The second-order valence-electron chi connectivity index (χ2n) is 16.9. The molecule has 0 bridgehead atoms. The fourth-order valence-electron chi connectivity index (χ4n) is 8.90. The molecule has 9 rings (SSSR count). The molecule has 6 heterocycles. The minimum absolute atomic E-state index is 0.0145. The molecule has 20 nitrogen and oxygen atoms in total. The molecule has 1 atom stereocenters. The first-order valence-electron chi connectivity index (χ1n) is 22.8. The number of H-pyrrole nitrogens is 1. The van der Waals surface area contributed by atoms with Crippen LogP contribution in [-0.4, -0.2) is 110 Å². The molecule has 1 aliphatic carbocycles. The molecule has 1 aliphatic heterocycles. The van der Waals surface area contributed by atoms with Crippen LogP contribution in [0.2, 0.25) is 0 Å². The molecule has 0 radical (unpaired) electrons. The van der Waals surface area contributed by atoms with Gasteiger partial charge >= 0.3 is 5.69 Å². The maximum Gasteiger partial charge on any atom is 0.329 e. The molecular formula is C47H55N11O9. The summed E-state index contributed by atoms with van der Waals surface area (Å²) in [5, 5.41) is 19.2. The third-order valence-corrected chi connectivity index (χ3v) is 12.3. The maximum absolute atomic E-state index is 13.6. The van der Waals surface area contributed by atoms with Crippen LogP contribution < -0.4 is 26.4 Å². The summed E-state index contributed by atoms with van der Waals surface area (Å²) in [6.45, 7) is 8.89. The number of anilines is 2. The van der Waals surface area contributed by atoms with Crippen LogP contribution in [0.15, 0.2) is 45.7 Å². The summed E-state index contributed by atoms with van der Waals surface area (Å²) < 4.78 is 33.6. The lowest BCUT2D eigenvalue weighted by molar-refractivity contribution is -0.135. The number of aryl methyl sites for hydroxylation is 5. The molecule has 2 fully saturated rings. The van der Waals surface area contributed by atoms with Gasteiger partial charge in [-0.2, -0.15) is 5.10 Å². The van der Waals surface area contributed by atoms with Gasteiger partial charge in [-0.1, -0.05) is 17.3 Å². The van der Waals surface area contributed by atoms with Gasteiger partial charge in [0.15, 0.2) is 0 Å². The van der Waals surface area contributed by atoms with E-state index in [1.807, 2.05) is 55.8 Å². The quantitative estimate of drug-likeness (QED) is 0.0531. The van der Waals surface area contributed by atoms with Gasteiger partial charge in [0, 0.05) is 61.6 Å². The fourth-order valence-corrected chi connectivity index (χ4v) is 8.90. The zero-order valence-corrected chi connectivity index (χ0v) is 38.3. The fraction of sp³-hybridized carbons (Fsp3) is 0.447. The molecule has 3 amide bonds. The van der Waals surface area contributed by atoms with Crippen LogP contribution in [0.3, 0.4) is 0 Å². The van der Waals surface area contributed by atoms with E-state index in [0.29, 0.717) is 85.8 Å². The summed E-state index contributed by atoms with van der Waals surface area (Å²) in [7, 11) is 3.32. The highest BCUT2D eigenvalue weighted by molar-refractivity contribution is 6.14. The van der Waals surface area contributed by atoms with Gasteiger partial charge in [0.25, 0.3) is 5.91 Å². The SMILES string of the molecule is CCn1nc(C2CC2)cc1Nc1nc(C(=O)NCCOCCOCCOCCCc2cccc3c2n(C)c(=O)n3C2CCC(=O)NC2=O)nc2[nH]c3cc(-c4c(C)noc4C)c(OC)cc3c12. The lowest BCUT2D eigenvalue weighted by Crippen LogP contribution is -2.44. The van der Waals surface area contributed by atoms with Crippen molar-refractivity contribution in [2.24, 2.45) is 7.05 Å². The molecule has 2 aromatic carbocycles. The minimum Gasteiger partial charge on any atom is -0.496 e. The molecule has 352 valence electrons. The Morgan fingerprint density at radius 1 is 0.970 bits per heavy atom. The third-order valence-electron chi connectivity index (χ3n) is 12.3. The largest absolute Gasteiger partial charge is 0.496 e. The number of ether oxygens (including phenoxy) is 4. The average molecular weight is 918 g/mol. The molecule has 1 saturated heterocycles. The van der Waals surface area contributed by atoms with E-state index in [-0.39, 0.29) is 43.4 Å². The van der Waals surface area contributed by atoms with Crippen molar-refractivity contribution in [1.82, 2.24) is 49.7 Å². The molecule has 2 aliphatic rings. The first-order chi connectivity index (χ1) is 32.5. The van der Waals surface area contributed by atoms with E-state index < -0.39 is 17.9 Å². The van der Waals surface area contributed by atoms with Gasteiger partial charge in [-0.05, 0) is 76.6 Å². The number of amides is 3. The second kappa shape index (κ2) is 19.5. The Kier molecular flexibility index (Phi) is 13.2. The normalized spacial score (nSPS) is 15.3. The predicted molar refractivity (Wildman–Crippen MR) is 248 cm³/mol. The van der Waals surface area contributed by atoms with Crippen LogP contribution in [0.5, 0.6) is 5.75 Å². The Morgan fingerprint density at radius 2 is 1.75 bits per heavy atom. The number of benzene rings is 2. The number of imide groups is 1. The smallest absolute Gasteiger partial charge is 0.329 e. The number of methoxy groups -OCH3 is 1. The van der Waals surface area contributed by atoms with Crippen molar-refractivity contribution >= 4 is 62.3 Å². The highest BCUT2D eigenvalue weighted by Crippen LogP contribution is 2.43. The number of rotatable bonds is 21. The summed E-state index contributed by atoms with van der Waals surface area (Å²) in [5.41, 5.74) is 6.80. The summed E-state index contributed by atoms with van der Waals surface area (Å²) in [6, 6.07) is 10.9. The van der Waals surface area contributed by atoms with Crippen LogP contribution in [0.4, 0.5) is 11.6 Å². The van der Waals surface area contributed by atoms with Gasteiger partial charge in [-0.25, -0.2) is 19.4 Å². The summed E-state index contributed by atoms with van der Waals surface area (Å²) in [5.74, 6) is 1.73. The zero-order valence-electron chi connectivity index (χ0n) is 38.3. The van der Waals surface area contributed by atoms with Crippen LogP contribution in [0, 0.1) is 13.8 Å². The van der Waals surface area contributed by atoms with E-state index in [4.69, 9.17) is 38.5 Å². The van der Waals surface area contributed by atoms with Crippen LogP contribution in [0.25, 0.3) is 44.1 Å². The summed E-state index contributed by atoms with van der Waals surface area (Å²) in [6.07, 6.45) is 4.10. The van der Waals surface area contributed by atoms with Crippen molar-refractivity contribution in [2.45, 2.75) is 77.8 Å². The monoisotopic (exact) mass is 917 g/mol. The van der Waals surface area contributed by atoms with Crippen molar-refractivity contribution < 1.29 is 37.9 Å². The third kappa shape index (κ3) is 9.28. The number of carbonyl (C=O) groups excluding carboxylic acids is 3. The Labute approximate surface area is 384 Å². The first kappa shape index (κ1) is 45.3. The van der Waals surface area contributed by atoms with E-state index in [1.165, 1.54) is 4.57 Å². The van der Waals surface area contributed by atoms with E-state index >= 15 is 0 Å². The second-order valence-corrected chi connectivity index (χ2v) is 16.9. The molecule has 5 aromatic heterocycles. The van der Waals surface area contributed by atoms with Crippen LogP contribution >= 0.6 is 0 Å². The number of hydrogen-bond acceptors (Lipinski definition) is 14. The topological polar surface area (TPSA) is 237 Å². The first-order valence-corrected chi connectivity index (χ1v) is 22.8. The van der Waals surface area contributed by atoms with E-state index in [0.717, 1.165) is 69.6 Å². The number of aromatic nitrogens is 8. The summed E-state index contributed by atoms with van der Waals surface area (Å²) >= 11 is 0. The standard InChI is InChI=1S/C47H55N11O9/c1-6-57-37(25-32(54-57)28-12-13-28)50-43-40-30-24-36(63-5)31(39-26(2)55-67-27(39)3)23-33(30)49-42(40)52-44(53-43)46(61)48-16-18-65-20-22-66-21-19-64-17-8-10-29-9-7-11-34-41(29)56(4)47(62)58(34)35-14-15-38(59)51-45(35)60/h7,9,11,23-25,28,35H,6,8,10,12-22H2,1-5H3,(H,48,61)(H,51,59,60)(H2,49,50,52,53).